The molecule has 7 heteroatoms. The second kappa shape index (κ2) is 4.65. The van der Waals surface area contributed by atoms with Crippen molar-refractivity contribution in [1.29, 1.82) is 0 Å². The Hall–Kier alpha value is -1.89. The number of nitrogens with one attached hydrogen (secondary N) is 1. The van der Waals surface area contributed by atoms with Gasteiger partial charge in [0.2, 0.25) is 5.95 Å². The summed E-state index contributed by atoms with van der Waals surface area (Å²) < 4.78 is 0. The van der Waals surface area contributed by atoms with E-state index in [1.165, 1.54) is 12.8 Å². The van der Waals surface area contributed by atoms with Crippen LogP contribution >= 0.6 is 0 Å². The molecule has 2 aromatic heterocycles. The van der Waals surface area contributed by atoms with Gasteiger partial charge in [0.1, 0.15) is 5.52 Å². The average molecular weight is 261 g/mol. The van der Waals surface area contributed by atoms with E-state index in [0.29, 0.717) is 11.7 Å². The molecule has 102 valence electrons. The molecular formula is C12H19N7. The third kappa shape index (κ3) is 2.21. The fourth-order valence-electron chi connectivity index (χ4n) is 2.77. The molecule has 3 heterocycles. The molecule has 7 nitrogen and oxygen atoms in total. The molecule has 2 aromatic rings. The molecule has 0 bridgehead atoms. The Morgan fingerprint density at radius 2 is 2.32 bits per heavy atom. The summed E-state index contributed by atoms with van der Waals surface area (Å²) in [7, 11) is 4.19. The van der Waals surface area contributed by atoms with E-state index in [9.17, 15) is 0 Å². The summed E-state index contributed by atoms with van der Waals surface area (Å²) in [6, 6.07) is 0.468. The largest absolute Gasteiger partial charge is 0.368 e. The van der Waals surface area contributed by atoms with E-state index in [2.05, 4.69) is 43.8 Å². The molecular weight excluding hydrogens is 242 g/mol. The number of hydrogen-bond acceptors (Lipinski definition) is 6. The van der Waals surface area contributed by atoms with Gasteiger partial charge in [-0.1, -0.05) is 0 Å². The predicted molar refractivity (Wildman–Crippen MR) is 75.0 cm³/mol. The van der Waals surface area contributed by atoms with Crippen molar-refractivity contribution >= 4 is 22.9 Å². The molecule has 1 unspecified atom stereocenters. The molecule has 0 amide bonds. The minimum absolute atomic E-state index is 0.283. The third-order valence-electron chi connectivity index (χ3n) is 3.51. The summed E-state index contributed by atoms with van der Waals surface area (Å²) in [5, 5.41) is 0. The fraction of sp³-hybridized carbons (Fsp3) is 0.583. The van der Waals surface area contributed by atoms with Crippen molar-refractivity contribution in [3.05, 3.63) is 6.33 Å². The van der Waals surface area contributed by atoms with Crippen LogP contribution in [0.5, 0.6) is 0 Å². The van der Waals surface area contributed by atoms with Crippen molar-refractivity contribution in [2.24, 2.45) is 0 Å². The Morgan fingerprint density at radius 1 is 1.47 bits per heavy atom. The number of nitrogens with zero attached hydrogens (tertiary/aromatic N) is 5. The zero-order valence-electron chi connectivity index (χ0n) is 11.3. The van der Waals surface area contributed by atoms with Gasteiger partial charge in [-0.05, 0) is 26.9 Å². The molecule has 1 aliphatic heterocycles. The molecule has 1 saturated heterocycles. The number of aromatic nitrogens is 4. The number of likely N-dealkylation sites (N-methyl/N-ethyl adjacent to an activating group) is 1. The zero-order valence-corrected chi connectivity index (χ0v) is 11.3. The zero-order chi connectivity index (χ0) is 13.4. The van der Waals surface area contributed by atoms with Gasteiger partial charge in [0.05, 0.1) is 6.33 Å². The number of H-pyrrole nitrogens is 1. The number of nitrogen functional groups attached to an aromatic ring is 1. The Labute approximate surface area is 111 Å². The maximum atomic E-state index is 5.78. The lowest BCUT2D eigenvalue weighted by Crippen LogP contribution is -2.38. The average Bonchev–Trinajstić information content (AvgIpc) is 2.95. The van der Waals surface area contributed by atoms with E-state index in [1.807, 2.05) is 0 Å². The van der Waals surface area contributed by atoms with E-state index in [0.717, 1.165) is 24.4 Å². The molecule has 0 spiro atoms. The molecule has 0 saturated carbocycles. The summed E-state index contributed by atoms with van der Waals surface area (Å²) in [4.78, 5) is 20.4. The predicted octanol–water partition coefficient (Wildman–Crippen LogP) is 0.465. The van der Waals surface area contributed by atoms with Gasteiger partial charge in [0, 0.05) is 19.1 Å². The van der Waals surface area contributed by atoms with Gasteiger partial charge < -0.3 is 20.5 Å². The second-order valence-corrected chi connectivity index (χ2v) is 5.26. The summed E-state index contributed by atoms with van der Waals surface area (Å²) >= 11 is 0. The number of fused-ring (bicyclic) bond motifs is 1. The Balaban J connectivity index is 2.00. The van der Waals surface area contributed by atoms with Gasteiger partial charge in [-0.3, -0.25) is 0 Å². The van der Waals surface area contributed by atoms with Crippen LogP contribution in [0.2, 0.25) is 0 Å². The molecule has 0 aromatic carbocycles. The molecule has 0 aliphatic carbocycles. The molecule has 1 aliphatic rings. The highest BCUT2D eigenvalue weighted by molar-refractivity contribution is 5.84. The van der Waals surface area contributed by atoms with E-state index >= 15 is 0 Å². The SMILES string of the molecule is CN(C)CC1CCCN1c1nc(N)nc2nc[nH]c12. The van der Waals surface area contributed by atoms with E-state index in [1.54, 1.807) is 6.33 Å². The van der Waals surface area contributed by atoms with E-state index < -0.39 is 0 Å². The summed E-state index contributed by atoms with van der Waals surface area (Å²) in [6.07, 6.45) is 4.00. The third-order valence-corrected chi connectivity index (χ3v) is 3.51. The van der Waals surface area contributed by atoms with Gasteiger partial charge in [-0.15, -0.1) is 0 Å². The molecule has 0 radical (unpaired) electrons. The second-order valence-electron chi connectivity index (χ2n) is 5.26. The van der Waals surface area contributed by atoms with Gasteiger partial charge >= 0.3 is 0 Å². The highest BCUT2D eigenvalue weighted by Crippen LogP contribution is 2.29. The van der Waals surface area contributed by atoms with Gasteiger partial charge in [0.25, 0.3) is 0 Å². The Kier molecular flexibility index (Phi) is 2.98. The summed E-state index contributed by atoms with van der Waals surface area (Å²) in [5.74, 6) is 1.16. The smallest absolute Gasteiger partial charge is 0.224 e. The van der Waals surface area contributed by atoms with Gasteiger partial charge in [-0.25, -0.2) is 4.98 Å². The van der Waals surface area contributed by atoms with Crippen molar-refractivity contribution in [2.45, 2.75) is 18.9 Å². The lowest BCUT2D eigenvalue weighted by atomic mass is 10.2. The van der Waals surface area contributed by atoms with Crippen LogP contribution in [0.3, 0.4) is 0 Å². The summed E-state index contributed by atoms with van der Waals surface area (Å²) in [6.45, 7) is 2.02. The maximum absolute atomic E-state index is 5.78. The standard InChI is InChI=1S/C12H19N7/c1-18(2)6-8-4-3-5-19(8)11-9-10(15-7-14-9)16-12(13)17-11/h7-8H,3-6H2,1-2H3,(H3,13,14,15,16,17). The number of hydrogen-bond donors (Lipinski definition) is 2. The van der Waals surface area contributed by atoms with E-state index in [4.69, 9.17) is 5.73 Å². The van der Waals surface area contributed by atoms with Crippen LogP contribution < -0.4 is 10.6 Å². The van der Waals surface area contributed by atoms with Crippen LogP contribution in [-0.4, -0.2) is 58.1 Å². The first-order valence-corrected chi connectivity index (χ1v) is 6.53. The van der Waals surface area contributed by atoms with Crippen LogP contribution in [0, 0.1) is 0 Å². The number of nitrogens with two attached hydrogens (primary N) is 1. The maximum Gasteiger partial charge on any atom is 0.224 e. The highest BCUT2D eigenvalue weighted by atomic mass is 15.3. The van der Waals surface area contributed by atoms with Crippen molar-refractivity contribution in [1.82, 2.24) is 24.8 Å². The first-order valence-electron chi connectivity index (χ1n) is 6.53. The van der Waals surface area contributed by atoms with Crippen molar-refractivity contribution < 1.29 is 0 Å². The van der Waals surface area contributed by atoms with Crippen molar-refractivity contribution in [3.8, 4) is 0 Å². The topological polar surface area (TPSA) is 87.0 Å². The number of rotatable bonds is 3. The number of imidazole rings is 1. The van der Waals surface area contributed by atoms with Gasteiger partial charge in [0.15, 0.2) is 11.5 Å². The lowest BCUT2D eigenvalue weighted by molar-refractivity contribution is 0.371. The molecule has 1 atom stereocenters. The van der Waals surface area contributed by atoms with E-state index in [-0.39, 0.29) is 5.95 Å². The molecule has 19 heavy (non-hydrogen) atoms. The van der Waals surface area contributed by atoms with Gasteiger partial charge in [-0.2, -0.15) is 9.97 Å². The van der Waals surface area contributed by atoms with Crippen LogP contribution in [0.15, 0.2) is 6.33 Å². The monoisotopic (exact) mass is 261 g/mol. The minimum Gasteiger partial charge on any atom is -0.368 e. The Morgan fingerprint density at radius 3 is 3.11 bits per heavy atom. The molecule has 1 fully saturated rings. The molecule has 3 rings (SSSR count). The Bertz CT molecular complexity index is 576. The van der Waals surface area contributed by atoms with Crippen LogP contribution in [0.25, 0.3) is 11.2 Å². The highest BCUT2D eigenvalue weighted by Gasteiger charge is 2.28. The van der Waals surface area contributed by atoms with Crippen molar-refractivity contribution in [3.63, 3.8) is 0 Å². The first-order chi connectivity index (χ1) is 9.15. The summed E-state index contributed by atoms with van der Waals surface area (Å²) in [5.41, 5.74) is 7.30. The quantitative estimate of drug-likeness (QED) is 0.835. The fourth-order valence-corrected chi connectivity index (χ4v) is 2.77. The van der Waals surface area contributed by atoms with Crippen molar-refractivity contribution in [2.75, 3.05) is 37.8 Å². The number of anilines is 2. The van der Waals surface area contributed by atoms with Crippen LogP contribution in [0.4, 0.5) is 11.8 Å². The van der Waals surface area contributed by atoms with Crippen LogP contribution in [-0.2, 0) is 0 Å². The normalized spacial score (nSPS) is 19.7. The first kappa shape index (κ1) is 12.2. The number of aromatic amines is 1. The minimum atomic E-state index is 0.283. The lowest BCUT2D eigenvalue weighted by Gasteiger charge is -2.28. The molecule has 3 N–H and O–H groups in total. The van der Waals surface area contributed by atoms with Crippen LogP contribution in [0.1, 0.15) is 12.8 Å².